The number of aryl methyl sites for hydroxylation is 1. The minimum Gasteiger partial charge on any atom is -0.478 e. The lowest BCUT2D eigenvalue weighted by atomic mass is 10.3. The van der Waals surface area contributed by atoms with E-state index in [1.165, 1.54) is 0 Å². The topological polar surface area (TPSA) is 91.3 Å². The summed E-state index contributed by atoms with van der Waals surface area (Å²) >= 11 is 2.87. The van der Waals surface area contributed by atoms with Gasteiger partial charge in [-0.2, -0.15) is 4.98 Å². The van der Waals surface area contributed by atoms with E-state index < -0.39 is 10.7 Å². The molecule has 1 heterocycles. The number of ether oxygens (including phenoxy) is 1. The summed E-state index contributed by atoms with van der Waals surface area (Å²) in [6.45, 7) is 1.44. The Hall–Kier alpha value is -2.03. The van der Waals surface area contributed by atoms with Gasteiger partial charge in [0.05, 0.1) is 9.40 Å². The van der Waals surface area contributed by atoms with Crippen LogP contribution in [-0.2, 0) is 6.61 Å². The highest BCUT2D eigenvalue weighted by Gasteiger charge is 2.19. The van der Waals surface area contributed by atoms with Crippen molar-refractivity contribution < 1.29 is 18.6 Å². The molecule has 0 aliphatic heterocycles. The average molecular weight is 332 g/mol. The maximum Gasteiger partial charge on any atom is 0.312 e. The molecule has 100 valence electrons. The van der Waals surface area contributed by atoms with Crippen molar-refractivity contribution in [2.45, 2.75) is 13.5 Å². The summed E-state index contributed by atoms with van der Waals surface area (Å²) in [6, 6.07) is 1.96. The molecule has 0 saturated heterocycles. The van der Waals surface area contributed by atoms with Crippen molar-refractivity contribution >= 4 is 21.6 Å². The van der Waals surface area contributed by atoms with Gasteiger partial charge in [0.1, 0.15) is 5.82 Å². The molecule has 0 fully saturated rings. The summed E-state index contributed by atoms with van der Waals surface area (Å²) < 4.78 is 23.2. The van der Waals surface area contributed by atoms with Gasteiger partial charge in [0.15, 0.2) is 6.61 Å². The van der Waals surface area contributed by atoms with Gasteiger partial charge >= 0.3 is 5.69 Å². The number of benzene rings is 1. The number of hydrogen-bond donors (Lipinski definition) is 0. The van der Waals surface area contributed by atoms with Crippen LogP contribution in [0.2, 0.25) is 0 Å². The smallest absolute Gasteiger partial charge is 0.312 e. The summed E-state index contributed by atoms with van der Waals surface area (Å²) in [7, 11) is 0. The molecule has 1 aromatic heterocycles. The standard InChI is InChI=1S/C10H7BrFN3O4/c1-5-13-10(14-19-5)4-18-9-3-7(12)6(11)2-8(9)15(16)17/h2-3H,4H2,1H3. The van der Waals surface area contributed by atoms with Crippen molar-refractivity contribution in [3.63, 3.8) is 0 Å². The van der Waals surface area contributed by atoms with Crippen LogP contribution in [0.1, 0.15) is 11.7 Å². The third kappa shape index (κ3) is 3.05. The third-order valence-electron chi connectivity index (χ3n) is 2.12. The van der Waals surface area contributed by atoms with Gasteiger partial charge in [-0.25, -0.2) is 4.39 Å². The number of aromatic nitrogens is 2. The lowest BCUT2D eigenvalue weighted by Crippen LogP contribution is -2.01. The zero-order chi connectivity index (χ0) is 14.0. The van der Waals surface area contributed by atoms with Gasteiger partial charge in [-0.05, 0) is 15.9 Å². The summed E-state index contributed by atoms with van der Waals surface area (Å²) in [5.74, 6) is -0.303. The first kappa shape index (κ1) is 13.4. The predicted octanol–water partition coefficient (Wildman–Crippen LogP) is 2.77. The van der Waals surface area contributed by atoms with Crippen LogP contribution in [-0.4, -0.2) is 15.1 Å². The predicted molar refractivity (Wildman–Crippen MR) is 64.1 cm³/mol. The minimum absolute atomic E-state index is 0.0121. The van der Waals surface area contributed by atoms with Gasteiger partial charge in [0, 0.05) is 19.1 Å². The maximum absolute atomic E-state index is 13.4. The molecule has 0 bridgehead atoms. The molecule has 0 radical (unpaired) electrons. The number of hydrogen-bond acceptors (Lipinski definition) is 6. The van der Waals surface area contributed by atoms with E-state index in [9.17, 15) is 14.5 Å². The fourth-order valence-electron chi connectivity index (χ4n) is 1.32. The average Bonchev–Trinajstić information content (AvgIpc) is 2.76. The molecule has 0 aliphatic carbocycles. The van der Waals surface area contributed by atoms with Crippen molar-refractivity contribution in [2.75, 3.05) is 0 Å². The Kier molecular flexibility index (Phi) is 3.74. The van der Waals surface area contributed by atoms with E-state index in [2.05, 4.69) is 26.1 Å². The van der Waals surface area contributed by atoms with Crippen LogP contribution in [0.15, 0.2) is 21.1 Å². The molecule has 0 aliphatic rings. The molecule has 0 atom stereocenters. The van der Waals surface area contributed by atoms with E-state index in [0.29, 0.717) is 5.89 Å². The van der Waals surface area contributed by atoms with Gasteiger partial charge in [-0.1, -0.05) is 5.16 Å². The van der Waals surface area contributed by atoms with Crippen LogP contribution in [0, 0.1) is 22.9 Å². The van der Waals surface area contributed by atoms with Crippen LogP contribution in [0.5, 0.6) is 5.75 Å². The molecular weight excluding hydrogens is 325 g/mol. The highest BCUT2D eigenvalue weighted by molar-refractivity contribution is 9.10. The van der Waals surface area contributed by atoms with Crippen LogP contribution in [0.3, 0.4) is 0 Å². The Balaban J connectivity index is 2.23. The summed E-state index contributed by atoms with van der Waals surface area (Å²) in [4.78, 5) is 14.0. The van der Waals surface area contributed by atoms with Crippen LogP contribution in [0.4, 0.5) is 10.1 Å². The Morgan fingerprint density at radius 1 is 1.58 bits per heavy atom. The van der Waals surface area contributed by atoms with Crippen LogP contribution in [0.25, 0.3) is 0 Å². The van der Waals surface area contributed by atoms with Gasteiger partial charge in [0.25, 0.3) is 0 Å². The Morgan fingerprint density at radius 2 is 2.32 bits per heavy atom. The number of nitrogens with zero attached hydrogens (tertiary/aromatic N) is 3. The number of nitro benzene ring substituents is 1. The highest BCUT2D eigenvalue weighted by atomic mass is 79.9. The van der Waals surface area contributed by atoms with E-state index in [-0.39, 0.29) is 28.3 Å². The van der Waals surface area contributed by atoms with Gasteiger partial charge < -0.3 is 9.26 Å². The Morgan fingerprint density at radius 3 is 2.89 bits per heavy atom. The normalized spacial score (nSPS) is 10.5. The first-order valence-corrected chi connectivity index (χ1v) is 5.82. The largest absolute Gasteiger partial charge is 0.478 e. The molecule has 0 amide bonds. The van der Waals surface area contributed by atoms with Gasteiger partial charge in [0.2, 0.25) is 17.5 Å². The molecule has 0 spiro atoms. The van der Waals surface area contributed by atoms with Crippen LogP contribution >= 0.6 is 15.9 Å². The third-order valence-corrected chi connectivity index (χ3v) is 2.73. The number of rotatable bonds is 4. The fraction of sp³-hybridized carbons (Fsp3) is 0.200. The van der Waals surface area contributed by atoms with E-state index in [4.69, 9.17) is 9.26 Å². The SMILES string of the molecule is Cc1nc(COc2cc(F)c(Br)cc2[N+](=O)[O-])no1. The Labute approximate surface area is 114 Å². The van der Waals surface area contributed by atoms with Gasteiger partial charge in [-0.3, -0.25) is 10.1 Å². The zero-order valence-electron chi connectivity index (χ0n) is 9.59. The van der Waals surface area contributed by atoms with E-state index in [1.807, 2.05) is 0 Å². The molecular formula is C10H7BrFN3O4. The first-order valence-electron chi connectivity index (χ1n) is 5.03. The molecule has 1 aromatic carbocycles. The molecule has 2 rings (SSSR count). The molecule has 0 N–H and O–H groups in total. The summed E-state index contributed by atoms with van der Waals surface area (Å²) in [5, 5.41) is 14.4. The molecule has 0 unspecified atom stereocenters. The summed E-state index contributed by atoms with van der Waals surface area (Å²) in [6.07, 6.45) is 0. The van der Waals surface area contributed by atoms with E-state index in [1.54, 1.807) is 6.92 Å². The van der Waals surface area contributed by atoms with Crippen molar-refractivity contribution in [1.82, 2.24) is 10.1 Å². The van der Waals surface area contributed by atoms with E-state index >= 15 is 0 Å². The minimum atomic E-state index is -0.666. The Bertz CT molecular complexity index is 631. The summed E-state index contributed by atoms with van der Waals surface area (Å²) in [5.41, 5.74) is -0.353. The first-order chi connectivity index (χ1) is 8.97. The zero-order valence-corrected chi connectivity index (χ0v) is 11.2. The maximum atomic E-state index is 13.4. The second kappa shape index (κ2) is 5.31. The van der Waals surface area contributed by atoms with Crippen molar-refractivity contribution in [1.29, 1.82) is 0 Å². The second-order valence-corrected chi connectivity index (χ2v) is 4.36. The number of nitro groups is 1. The number of halogens is 2. The van der Waals surface area contributed by atoms with Crippen molar-refractivity contribution in [3.05, 3.63) is 44.3 Å². The van der Waals surface area contributed by atoms with Crippen LogP contribution < -0.4 is 4.74 Å². The highest BCUT2D eigenvalue weighted by Crippen LogP contribution is 2.32. The molecule has 19 heavy (non-hydrogen) atoms. The molecule has 9 heteroatoms. The lowest BCUT2D eigenvalue weighted by Gasteiger charge is -2.05. The monoisotopic (exact) mass is 331 g/mol. The molecule has 7 nitrogen and oxygen atoms in total. The van der Waals surface area contributed by atoms with E-state index in [0.717, 1.165) is 12.1 Å². The molecule has 0 saturated carbocycles. The second-order valence-electron chi connectivity index (χ2n) is 3.51. The lowest BCUT2D eigenvalue weighted by molar-refractivity contribution is -0.386. The quantitative estimate of drug-likeness (QED) is 0.631. The van der Waals surface area contributed by atoms with Crippen molar-refractivity contribution in [2.24, 2.45) is 0 Å². The van der Waals surface area contributed by atoms with Gasteiger partial charge in [-0.15, -0.1) is 0 Å². The fourth-order valence-corrected chi connectivity index (χ4v) is 1.65. The van der Waals surface area contributed by atoms with Crippen molar-refractivity contribution in [3.8, 4) is 5.75 Å². The molecule has 2 aromatic rings.